The molecule has 3 aromatic rings. The SMILES string of the molecule is Cc1ccc(S(=O)(=O)NCCc2nc(-c3ccco3)n[nH]2)cc1C. The summed E-state index contributed by atoms with van der Waals surface area (Å²) in [7, 11) is -3.54. The molecule has 0 amide bonds. The van der Waals surface area contributed by atoms with E-state index in [1.807, 2.05) is 13.8 Å². The maximum atomic E-state index is 12.3. The molecular weight excluding hydrogens is 328 g/mol. The monoisotopic (exact) mass is 346 g/mol. The van der Waals surface area contributed by atoms with Gasteiger partial charge in [0.25, 0.3) is 0 Å². The standard InChI is InChI=1S/C16H18N4O3S/c1-11-5-6-13(10-12(11)2)24(21,22)17-8-7-15-18-16(20-19-15)14-4-3-9-23-14/h3-6,9-10,17H,7-8H2,1-2H3,(H,18,19,20). The maximum Gasteiger partial charge on any atom is 0.240 e. The van der Waals surface area contributed by atoms with Crippen molar-refractivity contribution in [1.29, 1.82) is 0 Å². The van der Waals surface area contributed by atoms with E-state index >= 15 is 0 Å². The van der Waals surface area contributed by atoms with Crippen LogP contribution in [0.2, 0.25) is 0 Å². The van der Waals surface area contributed by atoms with Crippen LogP contribution in [0.1, 0.15) is 17.0 Å². The minimum atomic E-state index is -3.54. The van der Waals surface area contributed by atoms with Crippen molar-refractivity contribution in [3.63, 3.8) is 0 Å². The highest BCUT2D eigenvalue weighted by Gasteiger charge is 2.15. The third kappa shape index (κ3) is 3.55. The Hall–Kier alpha value is -2.45. The number of nitrogens with one attached hydrogen (secondary N) is 2. The maximum absolute atomic E-state index is 12.3. The molecular formula is C16H18N4O3S. The lowest BCUT2D eigenvalue weighted by Crippen LogP contribution is -2.26. The summed E-state index contributed by atoms with van der Waals surface area (Å²) in [5, 5.41) is 6.83. The van der Waals surface area contributed by atoms with Gasteiger partial charge >= 0.3 is 0 Å². The van der Waals surface area contributed by atoms with E-state index in [1.54, 1.807) is 36.6 Å². The van der Waals surface area contributed by atoms with E-state index in [-0.39, 0.29) is 11.4 Å². The zero-order chi connectivity index (χ0) is 17.2. The first-order valence-electron chi connectivity index (χ1n) is 7.48. The van der Waals surface area contributed by atoms with Crippen molar-refractivity contribution in [2.45, 2.75) is 25.2 Å². The Morgan fingerprint density at radius 1 is 1.21 bits per heavy atom. The summed E-state index contributed by atoms with van der Waals surface area (Å²) in [6.45, 7) is 4.06. The van der Waals surface area contributed by atoms with Crippen LogP contribution in [-0.2, 0) is 16.4 Å². The van der Waals surface area contributed by atoms with Crippen molar-refractivity contribution < 1.29 is 12.8 Å². The zero-order valence-corrected chi connectivity index (χ0v) is 14.2. The number of rotatable bonds is 6. The van der Waals surface area contributed by atoms with Crippen LogP contribution in [0.4, 0.5) is 0 Å². The topological polar surface area (TPSA) is 101 Å². The molecule has 8 heteroatoms. The third-order valence-electron chi connectivity index (χ3n) is 3.72. The molecule has 7 nitrogen and oxygen atoms in total. The van der Waals surface area contributed by atoms with Crippen LogP contribution in [0.15, 0.2) is 45.9 Å². The van der Waals surface area contributed by atoms with Crippen molar-refractivity contribution in [3.8, 4) is 11.6 Å². The van der Waals surface area contributed by atoms with Gasteiger partial charge in [-0.15, -0.1) is 0 Å². The van der Waals surface area contributed by atoms with E-state index < -0.39 is 10.0 Å². The van der Waals surface area contributed by atoms with Crippen LogP contribution in [0.25, 0.3) is 11.6 Å². The Morgan fingerprint density at radius 3 is 2.75 bits per heavy atom. The number of H-pyrrole nitrogens is 1. The summed E-state index contributed by atoms with van der Waals surface area (Å²) in [4.78, 5) is 4.54. The second-order valence-electron chi connectivity index (χ2n) is 5.48. The molecule has 0 saturated carbocycles. The molecule has 0 radical (unpaired) electrons. The van der Waals surface area contributed by atoms with Crippen LogP contribution >= 0.6 is 0 Å². The molecule has 0 aliphatic rings. The Balaban J connectivity index is 1.62. The summed E-state index contributed by atoms with van der Waals surface area (Å²) in [5.74, 6) is 1.60. The Bertz CT molecular complexity index is 930. The van der Waals surface area contributed by atoms with Crippen LogP contribution in [-0.4, -0.2) is 30.1 Å². The van der Waals surface area contributed by atoms with Crippen LogP contribution < -0.4 is 4.72 Å². The molecule has 2 aromatic heterocycles. The summed E-state index contributed by atoms with van der Waals surface area (Å²) in [5.41, 5.74) is 2.00. The molecule has 1 aromatic carbocycles. The average molecular weight is 346 g/mol. The molecule has 0 fully saturated rings. The van der Waals surface area contributed by atoms with E-state index in [0.29, 0.717) is 23.8 Å². The van der Waals surface area contributed by atoms with Gasteiger partial charge in [-0.05, 0) is 49.2 Å². The molecule has 0 aliphatic carbocycles. The fourth-order valence-electron chi connectivity index (χ4n) is 2.19. The Labute approximate surface area is 140 Å². The van der Waals surface area contributed by atoms with E-state index in [2.05, 4.69) is 19.9 Å². The molecule has 0 unspecified atom stereocenters. The predicted octanol–water partition coefficient (Wildman–Crippen LogP) is 2.20. The molecule has 126 valence electrons. The number of aromatic nitrogens is 3. The minimum absolute atomic E-state index is 0.224. The number of nitrogens with zero attached hydrogens (tertiary/aromatic N) is 2. The number of aromatic amines is 1. The van der Waals surface area contributed by atoms with Gasteiger partial charge in [0.05, 0.1) is 11.2 Å². The fraction of sp³-hybridized carbons (Fsp3) is 0.250. The largest absolute Gasteiger partial charge is 0.461 e. The van der Waals surface area contributed by atoms with Gasteiger partial charge in [0.1, 0.15) is 5.82 Å². The van der Waals surface area contributed by atoms with Gasteiger partial charge in [0, 0.05) is 13.0 Å². The second kappa shape index (κ2) is 6.58. The van der Waals surface area contributed by atoms with Crippen molar-refractivity contribution in [2.24, 2.45) is 0 Å². The summed E-state index contributed by atoms with van der Waals surface area (Å²) >= 11 is 0. The molecule has 24 heavy (non-hydrogen) atoms. The predicted molar refractivity (Wildman–Crippen MR) is 88.9 cm³/mol. The molecule has 0 spiro atoms. The Kier molecular flexibility index (Phi) is 4.50. The van der Waals surface area contributed by atoms with Crippen LogP contribution in [0.3, 0.4) is 0 Å². The molecule has 2 heterocycles. The molecule has 3 rings (SSSR count). The summed E-state index contributed by atoms with van der Waals surface area (Å²) in [6.07, 6.45) is 1.95. The molecule has 0 bridgehead atoms. The molecule has 0 aliphatic heterocycles. The first kappa shape index (κ1) is 16.4. The van der Waals surface area contributed by atoms with Gasteiger partial charge in [0.15, 0.2) is 5.76 Å². The first-order valence-corrected chi connectivity index (χ1v) is 8.96. The lowest BCUT2D eigenvalue weighted by atomic mass is 10.1. The summed E-state index contributed by atoms with van der Waals surface area (Å²) < 4.78 is 32.4. The number of benzene rings is 1. The van der Waals surface area contributed by atoms with E-state index in [9.17, 15) is 8.42 Å². The number of sulfonamides is 1. The van der Waals surface area contributed by atoms with Gasteiger partial charge in [-0.25, -0.2) is 18.1 Å². The molecule has 0 atom stereocenters. The Morgan fingerprint density at radius 2 is 2.04 bits per heavy atom. The number of aryl methyl sites for hydroxylation is 2. The van der Waals surface area contributed by atoms with Gasteiger partial charge < -0.3 is 4.42 Å². The van der Waals surface area contributed by atoms with Crippen molar-refractivity contribution >= 4 is 10.0 Å². The minimum Gasteiger partial charge on any atom is -0.461 e. The second-order valence-corrected chi connectivity index (χ2v) is 7.24. The normalized spacial score (nSPS) is 11.8. The third-order valence-corrected chi connectivity index (χ3v) is 5.17. The first-order chi connectivity index (χ1) is 11.5. The van der Waals surface area contributed by atoms with Gasteiger partial charge in [0.2, 0.25) is 15.8 Å². The smallest absolute Gasteiger partial charge is 0.240 e. The lowest BCUT2D eigenvalue weighted by Gasteiger charge is -2.08. The van der Waals surface area contributed by atoms with Crippen molar-refractivity contribution in [1.82, 2.24) is 19.9 Å². The highest BCUT2D eigenvalue weighted by atomic mass is 32.2. The fourth-order valence-corrected chi connectivity index (χ4v) is 3.31. The van der Waals surface area contributed by atoms with Crippen molar-refractivity contribution in [3.05, 3.63) is 53.5 Å². The zero-order valence-electron chi connectivity index (χ0n) is 13.4. The van der Waals surface area contributed by atoms with Gasteiger partial charge in [-0.1, -0.05) is 6.07 Å². The summed E-state index contributed by atoms with van der Waals surface area (Å²) in [6, 6.07) is 8.59. The van der Waals surface area contributed by atoms with Gasteiger partial charge in [-0.3, -0.25) is 5.10 Å². The van der Waals surface area contributed by atoms with E-state index in [0.717, 1.165) is 11.1 Å². The van der Waals surface area contributed by atoms with Crippen molar-refractivity contribution in [2.75, 3.05) is 6.54 Å². The highest BCUT2D eigenvalue weighted by Crippen LogP contribution is 2.15. The van der Waals surface area contributed by atoms with Gasteiger partial charge in [-0.2, -0.15) is 5.10 Å². The van der Waals surface area contributed by atoms with E-state index in [4.69, 9.17) is 4.42 Å². The number of furan rings is 1. The highest BCUT2D eigenvalue weighted by molar-refractivity contribution is 7.89. The number of hydrogen-bond donors (Lipinski definition) is 2. The quantitative estimate of drug-likeness (QED) is 0.712. The van der Waals surface area contributed by atoms with Crippen LogP contribution in [0.5, 0.6) is 0 Å². The molecule has 2 N–H and O–H groups in total. The van der Waals surface area contributed by atoms with Crippen LogP contribution in [0, 0.1) is 13.8 Å². The van der Waals surface area contributed by atoms with E-state index in [1.165, 1.54) is 0 Å². The average Bonchev–Trinajstić information content (AvgIpc) is 3.20. The lowest BCUT2D eigenvalue weighted by molar-refractivity contribution is 0.577. The molecule has 0 saturated heterocycles. The number of hydrogen-bond acceptors (Lipinski definition) is 5.